The Hall–Kier alpha value is -1.56. The summed E-state index contributed by atoms with van der Waals surface area (Å²) in [7, 11) is -17.9. The van der Waals surface area contributed by atoms with Crippen LogP contribution in [0, 0.1) is 0 Å². The molecule has 192 valence electrons. The van der Waals surface area contributed by atoms with Crippen LogP contribution in [0.25, 0.3) is 11.0 Å². The number of hydrogen-bond donors (Lipinski definition) is 8. The van der Waals surface area contributed by atoms with Crippen molar-refractivity contribution in [3.8, 4) is 0 Å². The van der Waals surface area contributed by atoms with Gasteiger partial charge >= 0.3 is 23.5 Å². The third-order valence-corrected chi connectivity index (χ3v) is 7.93. The van der Waals surface area contributed by atoms with Gasteiger partial charge < -0.3 is 44.8 Å². The van der Waals surface area contributed by atoms with Gasteiger partial charge in [0.1, 0.15) is 18.9 Å². The number of nitrogens with two attached hydrogens (primary N) is 1. The average Bonchev–Trinajstić information content (AvgIpc) is 3.17. The first-order chi connectivity index (χ1) is 16.2. The number of anilines is 1. The monoisotopic (exact) mass is 556 g/mol. The molecule has 6 atom stereocenters. The average molecular weight is 556 g/mol. The second-order valence-electron chi connectivity index (χ2n) is 6.69. The summed E-state index contributed by atoms with van der Waals surface area (Å²) >= 11 is 0. The van der Waals surface area contributed by atoms with Gasteiger partial charge in [-0.05, 0) is 6.07 Å². The summed E-state index contributed by atoms with van der Waals surface area (Å²) in [5.41, 5.74) is 1.44. The van der Waals surface area contributed by atoms with Crippen LogP contribution in [0.15, 0.2) is 17.1 Å². The van der Waals surface area contributed by atoms with E-state index in [-0.39, 0.29) is 11.0 Å². The van der Waals surface area contributed by atoms with E-state index in [1.54, 1.807) is 0 Å². The Morgan fingerprint density at radius 2 is 1.94 bits per heavy atom. The van der Waals surface area contributed by atoms with Gasteiger partial charge in [0.15, 0.2) is 17.5 Å². The number of phosphoric acid groups is 3. The lowest BCUT2D eigenvalue weighted by Gasteiger charge is -2.29. The molecule has 0 amide bonds. The van der Waals surface area contributed by atoms with E-state index >= 15 is 0 Å². The number of nitrogens with zero attached hydrogens (tertiary/aromatic N) is 2. The molecule has 0 saturated carbocycles. The molecular weight excluding hydrogens is 536 g/mol. The van der Waals surface area contributed by atoms with Crippen molar-refractivity contribution in [3.63, 3.8) is 0 Å². The van der Waals surface area contributed by atoms with Crippen molar-refractivity contribution in [1.82, 2.24) is 14.5 Å². The van der Waals surface area contributed by atoms with Gasteiger partial charge in [0.25, 0.3) is 5.56 Å². The smallest absolute Gasteiger partial charge is 0.387 e. The maximum absolute atomic E-state index is 13.9. The van der Waals surface area contributed by atoms with Gasteiger partial charge in [0, 0.05) is 6.20 Å². The molecule has 0 aromatic carbocycles. The Morgan fingerprint density at radius 3 is 2.53 bits per heavy atom. The third-order valence-electron chi connectivity index (χ3n) is 4.27. The minimum absolute atomic E-state index is 0.136. The lowest BCUT2D eigenvalue weighted by Crippen LogP contribution is -2.49. The molecule has 3 rings (SSSR count). The maximum atomic E-state index is 13.9. The van der Waals surface area contributed by atoms with Crippen molar-refractivity contribution < 1.29 is 68.5 Å². The van der Waals surface area contributed by atoms with Crippen LogP contribution in [0.2, 0.25) is 0 Å². The highest BCUT2D eigenvalue weighted by molar-refractivity contribution is 7.66. The number of phosphoric ester groups is 1. The van der Waals surface area contributed by atoms with Gasteiger partial charge in [-0.15, -0.1) is 0 Å². The zero-order chi connectivity index (χ0) is 27.5. The number of nitrogens with one attached hydrogen (secondary N) is 1. The number of aromatic amines is 1. The Bertz CT molecular complexity index is 1370. The van der Waals surface area contributed by atoms with Crippen LogP contribution in [-0.4, -0.2) is 75.4 Å². The summed E-state index contributed by atoms with van der Waals surface area (Å²) in [6.45, 7) is -5.53. The zero-order valence-corrected chi connectivity index (χ0v) is 18.9. The number of alkyl halides is 1. The molecule has 1 aliphatic rings. The van der Waals surface area contributed by atoms with Gasteiger partial charge in [-0.25, -0.2) is 18.1 Å². The second kappa shape index (κ2) is 9.15. The highest BCUT2D eigenvalue weighted by atomic mass is 31.3. The van der Waals surface area contributed by atoms with Crippen molar-refractivity contribution in [2.45, 2.75) is 24.0 Å². The van der Waals surface area contributed by atoms with Crippen molar-refractivity contribution >= 4 is 40.4 Å². The molecule has 1 aliphatic heterocycles. The molecule has 1 saturated heterocycles. The molecule has 1 fully saturated rings. The molecule has 34 heavy (non-hydrogen) atoms. The highest BCUT2D eigenvalue weighted by Crippen LogP contribution is 2.66. The minimum atomic E-state index is -6.09. The fourth-order valence-corrected chi connectivity index (χ4v) is 5.82. The van der Waals surface area contributed by atoms with E-state index in [4.69, 9.17) is 23.0 Å². The molecule has 3 unspecified atom stereocenters. The topological polar surface area (TPSA) is 286 Å². The minimum Gasteiger partial charge on any atom is -0.387 e. The number of H-pyrrole nitrogens is 1. The molecule has 0 bridgehead atoms. The third kappa shape index (κ3) is 5.63. The fourth-order valence-electron chi connectivity index (χ4n) is 2.95. The number of nitrogen functional groups attached to an aromatic ring is 1. The maximum Gasteiger partial charge on any atom is 0.490 e. The number of aliphatic hydroxyl groups is 2. The molecule has 3 heterocycles. The molecule has 18 nitrogen and oxygen atoms in total. The van der Waals surface area contributed by atoms with Crippen LogP contribution in [0.3, 0.4) is 0 Å². The van der Waals surface area contributed by atoms with E-state index in [0.29, 0.717) is 0 Å². The van der Waals surface area contributed by atoms with Gasteiger partial charge in [0.2, 0.25) is 5.95 Å². The van der Waals surface area contributed by atoms with Crippen LogP contribution in [-0.2, 0) is 31.6 Å². The van der Waals surface area contributed by atoms with Crippen LogP contribution in [0.5, 0.6) is 0 Å². The number of halogens is 1. The summed E-state index contributed by atoms with van der Waals surface area (Å²) in [6, 6.07) is 1.14. The first kappa shape index (κ1) is 24.1. The van der Waals surface area contributed by atoms with Crippen molar-refractivity contribution in [3.05, 3.63) is 22.6 Å². The number of rotatable bonds is 9. The predicted molar refractivity (Wildman–Crippen MR) is 105 cm³/mol. The molecule has 0 spiro atoms. The van der Waals surface area contributed by atoms with E-state index in [1.807, 2.05) is 0 Å². The van der Waals surface area contributed by atoms with Crippen molar-refractivity contribution in [2.24, 2.45) is 0 Å². The lowest BCUT2D eigenvalue weighted by atomic mass is 9.95. The number of hydrogen-bond acceptors (Lipinski definition) is 12. The van der Waals surface area contributed by atoms with E-state index < -0.39 is 72.2 Å². The fraction of sp³-hybridized carbons (Fsp3) is 0.500. The summed E-state index contributed by atoms with van der Waals surface area (Å²) in [5.74, 6) is -0.408. The molecule has 0 aliphatic carbocycles. The molecule has 0 radical (unpaired) electrons. The van der Waals surface area contributed by atoms with Crippen LogP contribution in [0.4, 0.5) is 10.3 Å². The summed E-state index contributed by atoms with van der Waals surface area (Å²) in [6.07, 6.45) is -6.09. The molecule has 22 heteroatoms. The Kier molecular flexibility index (Phi) is 6.50. The first-order valence-corrected chi connectivity index (χ1v) is 13.1. The number of ether oxygens (including phenoxy) is 1. The van der Waals surface area contributed by atoms with Crippen molar-refractivity contribution in [1.29, 1.82) is 0 Å². The highest BCUT2D eigenvalue weighted by Gasteiger charge is 2.57. The quantitative estimate of drug-likeness (QED) is 0.165. The van der Waals surface area contributed by atoms with Gasteiger partial charge in [-0.3, -0.25) is 14.3 Å². The number of aromatic nitrogens is 3. The Morgan fingerprint density at radius 1 is 1.29 bits per heavy atom. The second-order valence-corrected chi connectivity index (χ2v) is 11.0. The Labute approximate surface area is 190 Å². The first-order valence-electron chi connectivity index (χ1n) is 9.54. The van der Waals surface area contributed by atoms with E-state index in [0.717, 1.165) is 16.8 Å². The predicted octanol–water partition coefficient (Wildman–Crippen LogP) is -1.39. The van der Waals surface area contributed by atoms with E-state index in [9.17, 15) is 42.9 Å². The van der Waals surface area contributed by atoms with Gasteiger partial charge in [0.05, 0.1) is 14.7 Å². The molecular formula is C12H18FN4O14P3. The molecule has 2 aromatic heterocycles. The standard InChI is InChI=1S/C12H18FN4O14P3/c13-4-12(20)7(18)6(3-28-33(24,25)31-34(26,27)30-32(21,22)23)29-10(12)17-2-1-5-8(17)15-11(14)16-9(5)19/h1-2,6-7,10,18,20H,3-4H2,(H,24,25)(H,26,27)(H2,21,22,23)(H3,14,15,16,19)/t6-,7+,10-,12?/m1/s1/i3D2. The van der Waals surface area contributed by atoms with Crippen LogP contribution >= 0.6 is 23.5 Å². The zero-order valence-electron chi connectivity index (χ0n) is 18.2. The SMILES string of the molecule is [2H]C([2H])(OP(=O)(O)OP(=O)(O)OP(=O)(O)O)[C@H]1O[C@@H](n2ccc3c(=O)[nH]c(N)nc32)C(O)(CF)[C@H]1O. The largest absolute Gasteiger partial charge is 0.490 e. The van der Waals surface area contributed by atoms with E-state index in [1.165, 1.54) is 0 Å². The molecule has 2 aromatic rings. The van der Waals surface area contributed by atoms with Gasteiger partial charge in [-0.1, -0.05) is 0 Å². The molecule has 9 N–H and O–H groups in total. The summed E-state index contributed by atoms with van der Waals surface area (Å²) in [5, 5.41) is 21.1. The number of aliphatic hydroxyl groups excluding tert-OH is 1. The van der Waals surface area contributed by atoms with Crippen molar-refractivity contribution in [2.75, 3.05) is 19.0 Å². The normalized spacial score (nSPS) is 30.5. The number of fused-ring (bicyclic) bond motifs is 1. The lowest BCUT2D eigenvalue weighted by molar-refractivity contribution is -0.118. The summed E-state index contributed by atoms with van der Waals surface area (Å²) < 4.78 is 80.9. The Balaban J connectivity index is 1.94. The van der Waals surface area contributed by atoms with Crippen LogP contribution < -0.4 is 11.3 Å². The summed E-state index contributed by atoms with van der Waals surface area (Å²) in [4.78, 5) is 53.9. The van der Waals surface area contributed by atoms with E-state index in [2.05, 4.69) is 23.1 Å². The van der Waals surface area contributed by atoms with Crippen LogP contribution in [0.1, 0.15) is 8.97 Å². The van der Waals surface area contributed by atoms with Gasteiger partial charge in [-0.2, -0.15) is 13.6 Å².